The van der Waals surface area contributed by atoms with Gasteiger partial charge in [0.1, 0.15) is 11.5 Å². The fourth-order valence-electron chi connectivity index (χ4n) is 3.97. The molecule has 0 unspecified atom stereocenters. The van der Waals surface area contributed by atoms with Crippen molar-refractivity contribution in [3.05, 3.63) is 51.8 Å². The van der Waals surface area contributed by atoms with Gasteiger partial charge in [0.15, 0.2) is 0 Å². The molecule has 0 spiro atoms. The number of hydrogen-bond donors (Lipinski definition) is 1. The first kappa shape index (κ1) is 23.6. The molecule has 0 atom stereocenters. The van der Waals surface area contributed by atoms with Crippen LogP contribution in [0.2, 0.25) is 0 Å². The van der Waals surface area contributed by atoms with Gasteiger partial charge in [-0.05, 0) is 30.7 Å². The molecule has 3 aromatic rings. The van der Waals surface area contributed by atoms with Gasteiger partial charge in [0, 0.05) is 43.9 Å². The van der Waals surface area contributed by atoms with Crippen LogP contribution in [0.5, 0.6) is 0 Å². The summed E-state index contributed by atoms with van der Waals surface area (Å²) >= 11 is 0. The zero-order chi connectivity index (χ0) is 24.9. The van der Waals surface area contributed by atoms with Crippen LogP contribution in [-0.4, -0.2) is 78.7 Å². The van der Waals surface area contributed by atoms with Crippen molar-refractivity contribution in [3.8, 4) is 11.3 Å². The number of aromatic nitrogens is 3. The molecular weight excluding hydrogens is 468 g/mol. The SMILES string of the molecule is Cc1cc([N+](=O)[O-])ccc1-c1ccc(/C=N\Nc2nc(N3CCOCC3)nc(N3CCOCC3)n2)o1. The van der Waals surface area contributed by atoms with E-state index in [1.54, 1.807) is 25.1 Å². The Labute approximate surface area is 206 Å². The van der Waals surface area contributed by atoms with E-state index in [0.29, 0.717) is 82.0 Å². The van der Waals surface area contributed by atoms with Crippen molar-refractivity contribution in [3.63, 3.8) is 0 Å². The lowest BCUT2D eigenvalue weighted by Gasteiger charge is -2.30. The maximum Gasteiger partial charge on any atom is 0.269 e. The van der Waals surface area contributed by atoms with Crippen LogP contribution in [-0.2, 0) is 9.47 Å². The predicted octanol–water partition coefficient (Wildman–Crippen LogP) is 2.47. The summed E-state index contributed by atoms with van der Waals surface area (Å²) in [5.41, 5.74) is 4.45. The molecule has 4 heterocycles. The highest BCUT2D eigenvalue weighted by atomic mass is 16.6. The Balaban J connectivity index is 1.32. The topological polar surface area (TPSA) is 144 Å². The second-order valence-electron chi connectivity index (χ2n) is 8.29. The Morgan fingerprint density at radius 3 is 2.19 bits per heavy atom. The second-order valence-corrected chi connectivity index (χ2v) is 8.29. The van der Waals surface area contributed by atoms with Crippen molar-refractivity contribution in [1.29, 1.82) is 0 Å². The van der Waals surface area contributed by atoms with E-state index in [4.69, 9.17) is 13.9 Å². The van der Waals surface area contributed by atoms with E-state index < -0.39 is 4.92 Å². The van der Waals surface area contributed by atoms with E-state index in [9.17, 15) is 10.1 Å². The van der Waals surface area contributed by atoms with Gasteiger partial charge < -0.3 is 23.7 Å². The first-order chi connectivity index (χ1) is 17.6. The Kier molecular flexibility index (Phi) is 7.00. The van der Waals surface area contributed by atoms with E-state index in [2.05, 4.69) is 35.3 Å². The zero-order valence-corrected chi connectivity index (χ0v) is 19.8. The van der Waals surface area contributed by atoms with Gasteiger partial charge in [-0.1, -0.05) is 0 Å². The summed E-state index contributed by atoms with van der Waals surface area (Å²) in [6.45, 7) is 7.09. The molecule has 0 saturated carbocycles. The third-order valence-electron chi connectivity index (χ3n) is 5.87. The minimum absolute atomic E-state index is 0.0408. The summed E-state index contributed by atoms with van der Waals surface area (Å²) in [6, 6.07) is 8.22. The third-order valence-corrected chi connectivity index (χ3v) is 5.87. The predicted molar refractivity (Wildman–Crippen MR) is 133 cm³/mol. The van der Waals surface area contributed by atoms with Gasteiger partial charge in [-0.3, -0.25) is 10.1 Å². The number of furan rings is 1. The number of nitrogens with one attached hydrogen (secondary N) is 1. The summed E-state index contributed by atoms with van der Waals surface area (Å²) in [4.78, 5) is 28.5. The fraction of sp³-hybridized carbons (Fsp3) is 0.391. The fourth-order valence-corrected chi connectivity index (χ4v) is 3.97. The maximum absolute atomic E-state index is 11.0. The largest absolute Gasteiger partial charge is 0.455 e. The molecule has 2 aliphatic heterocycles. The number of rotatable bonds is 7. The summed E-state index contributed by atoms with van der Waals surface area (Å²) < 4.78 is 16.8. The number of aryl methyl sites for hydroxylation is 1. The molecule has 2 fully saturated rings. The molecule has 0 aliphatic carbocycles. The average molecular weight is 495 g/mol. The van der Waals surface area contributed by atoms with Gasteiger partial charge >= 0.3 is 0 Å². The molecular formula is C23H26N8O5. The number of ether oxygens (including phenoxy) is 2. The number of morpholine rings is 2. The standard InChI is InChI=1S/C23H26N8O5/c1-16-14-17(31(32)33)2-4-19(16)20-5-3-18(36-20)15-24-28-21-25-22(29-6-10-34-11-7-29)27-23(26-21)30-8-12-35-13-9-30/h2-5,14-15H,6-13H2,1H3,(H,25,26,27,28)/b24-15-. The number of nitro groups is 1. The molecule has 1 N–H and O–H groups in total. The van der Waals surface area contributed by atoms with Crippen LogP contribution in [0.1, 0.15) is 11.3 Å². The normalized spacial score (nSPS) is 16.5. The second kappa shape index (κ2) is 10.7. The van der Waals surface area contributed by atoms with Crippen LogP contribution in [0.25, 0.3) is 11.3 Å². The number of hydrogen-bond acceptors (Lipinski definition) is 12. The Bertz CT molecular complexity index is 1210. The van der Waals surface area contributed by atoms with E-state index >= 15 is 0 Å². The molecule has 188 valence electrons. The van der Waals surface area contributed by atoms with Crippen LogP contribution in [0.15, 0.2) is 39.9 Å². The van der Waals surface area contributed by atoms with Crippen LogP contribution in [0.4, 0.5) is 23.5 Å². The Morgan fingerprint density at radius 1 is 0.972 bits per heavy atom. The lowest BCUT2D eigenvalue weighted by Crippen LogP contribution is -2.40. The minimum Gasteiger partial charge on any atom is -0.455 e. The lowest BCUT2D eigenvalue weighted by atomic mass is 10.1. The molecule has 36 heavy (non-hydrogen) atoms. The highest BCUT2D eigenvalue weighted by Gasteiger charge is 2.20. The number of benzene rings is 1. The molecule has 2 aliphatic rings. The van der Waals surface area contributed by atoms with Crippen molar-refractivity contribution in [2.75, 3.05) is 67.8 Å². The maximum atomic E-state index is 11.0. The minimum atomic E-state index is -0.418. The highest BCUT2D eigenvalue weighted by molar-refractivity contribution is 5.78. The van der Waals surface area contributed by atoms with Crippen LogP contribution in [0.3, 0.4) is 0 Å². The average Bonchev–Trinajstić information content (AvgIpc) is 3.38. The number of nitro benzene ring substituents is 1. The van der Waals surface area contributed by atoms with Crippen LogP contribution in [0, 0.1) is 17.0 Å². The molecule has 0 bridgehead atoms. The van der Waals surface area contributed by atoms with Crippen LogP contribution < -0.4 is 15.2 Å². The van der Waals surface area contributed by atoms with E-state index in [-0.39, 0.29) is 5.69 Å². The van der Waals surface area contributed by atoms with Crippen molar-refractivity contribution < 1.29 is 18.8 Å². The number of nitrogens with zero attached hydrogens (tertiary/aromatic N) is 7. The molecule has 0 radical (unpaired) electrons. The summed E-state index contributed by atoms with van der Waals surface area (Å²) in [7, 11) is 0. The first-order valence-electron chi connectivity index (χ1n) is 11.6. The smallest absolute Gasteiger partial charge is 0.269 e. The molecule has 1 aromatic carbocycles. The Morgan fingerprint density at radius 2 is 1.61 bits per heavy atom. The zero-order valence-electron chi connectivity index (χ0n) is 19.8. The van der Waals surface area contributed by atoms with Crippen LogP contribution >= 0.6 is 0 Å². The van der Waals surface area contributed by atoms with Gasteiger partial charge in [0.25, 0.3) is 5.69 Å². The van der Waals surface area contributed by atoms with Gasteiger partial charge in [-0.15, -0.1) is 0 Å². The third kappa shape index (κ3) is 5.42. The first-order valence-corrected chi connectivity index (χ1v) is 11.6. The molecule has 5 rings (SSSR count). The number of hydrazone groups is 1. The number of non-ortho nitro benzene ring substituents is 1. The van der Waals surface area contributed by atoms with Crippen molar-refractivity contribution >= 4 is 29.7 Å². The molecule has 0 amide bonds. The van der Waals surface area contributed by atoms with Gasteiger partial charge in [-0.25, -0.2) is 5.43 Å². The molecule has 13 nitrogen and oxygen atoms in total. The van der Waals surface area contributed by atoms with Crippen molar-refractivity contribution in [2.24, 2.45) is 5.10 Å². The molecule has 13 heteroatoms. The summed E-state index contributed by atoms with van der Waals surface area (Å²) in [5, 5.41) is 15.2. The molecule has 2 aromatic heterocycles. The van der Waals surface area contributed by atoms with E-state index in [0.717, 1.165) is 11.1 Å². The lowest BCUT2D eigenvalue weighted by molar-refractivity contribution is -0.384. The van der Waals surface area contributed by atoms with Gasteiger partial charge in [0.05, 0.1) is 37.6 Å². The highest BCUT2D eigenvalue weighted by Crippen LogP contribution is 2.28. The number of anilines is 3. The van der Waals surface area contributed by atoms with Crippen molar-refractivity contribution in [1.82, 2.24) is 15.0 Å². The monoisotopic (exact) mass is 494 g/mol. The Hall–Kier alpha value is -4.10. The quantitative estimate of drug-likeness (QED) is 0.294. The molecule has 2 saturated heterocycles. The van der Waals surface area contributed by atoms with E-state index in [1.165, 1.54) is 18.3 Å². The summed E-state index contributed by atoms with van der Waals surface area (Å²) in [6.07, 6.45) is 1.52. The van der Waals surface area contributed by atoms with Crippen molar-refractivity contribution in [2.45, 2.75) is 6.92 Å². The van der Waals surface area contributed by atoms with E-state index in [1.807, 2.05) is 0 Å². The summed E-state index contributed by atoms with van der Waals surface area (Å²) in [5.74, 6) is 2.56. The van der Waals surface area contributed by atoms with Gasteiger partial charge in [-0.2, -0.15) is 20.1 Å². The van der Waals surface area contributed by atoms with Gasteiger partial charge in [0.2, 0.25) is 17.8 Å².